The first-order chi connectivity index (χ1) is 8.54. The minimum Gasteiger partial charge on any atom is -0.308 e. The molecule has 18 heavy (non-hydrogen) atoms. The first kappa shape index (κ1) is 14.0. The van der Waals surface area contributed by atoms with Crippen LogP contribution in [0, 0.1) is 5.92 Å². The molecule has 0 aliphatic carbocycles. The lowest BCUT2D eigenvalue weighted by atomic mass is 10.1. The van der Waals surface area contributed by atoms with Crippen molar-refractivity contribution >= 4 is 11.3 Å². The monoisotopic (exact) mass is 267 g/mol. The second-order valence-electron chi connectivity index (χ2n) is 5.89. The fourth-order valence-corrected chi connectivity index (χ4v) is 3.45. The van der Waals surface area contributed by atoms with E-state index >= 15 is 0 Å². The maximum absolute atomic E-state index is 4.77. The van der Waals surface area contributed by atoms with Crippen molar-refractivity contribution in [1.29, 1.82) is 0 Å². The van der Waals surface area contributed by atoms with Gasteiger partial charge in [-0.1, -0.05) is 27.7 Å². The van der Waals surface area contributed by atoms with Gasteiger partial charge in [-0.15, -0.1) is 11.3 Å². The van der Waals surface area contributed by atoms with Crippen LogP contribution >= 0.6 is 11.3 Å². The van der Waals surface area contributed by atoms with E-state index in [1.165, 1.54) is 28.7 Å². The van der Waals surface area contributed by atoms with Crippen LogP contribution in [0.15, 0.2) is 0 Å². The standard InChI is InChI=1S/C14H25N3S/c1-10(2)8-17-6-5-12-13(9-17)18-14(16-12)7-15-11(3)4/h10-11,15H,5-9H2,1-4H3. The van der Waals surface area contributed by atoms with Crippen LogP contribution in [0.5, 0.6) is 0 Å². The summed E-state index contributed by atoms with van der Waals surface area (Å²) >= 11 is 1.89. The van der Waals surface area contributed by atoms with Crippen molar-refractivity contribution in [2.45, 2.75) is 53.2 Å². The molecule has 0 bridgehead atoms. The molecular weight excluding hydrogens is 242 g/mol. The van der Waals surface area contributed by atoms with Gasteiger partial charge in [0.1, 0.15) is 5.01 Å². The largest absolute Gasteiger partial charge is 0.308 e. The van der Waals surface area contributed by atoms with Gasteiger partial charge in [0, 0.05) is 43.5 Å². The maximum Gasteiger partial charge on any atom is 0.107 e. The molecule has 0 saturated carbocycles. The Morgan fingerprint density at radius 1 is 1.33 bits per heavy atom. The minimum atomic E-state index is 0.531. The molecule has 0 amide bonds. The van der Waals surface area contributed by atoms with Gasteiger partial charge < -0.3 is 5.32 Å². The van der Waals surface area contributed by atoms with Crippen LogP contribution < -0.4 is 5.32 Å². The van der Waals surface area contributed by atoms with Crippen molar-refractivity contribution in [2.75, 3.05) is 13.1 Å². The molecule has 1 aromatic rings. The Labute approximate surface area is 115 Å². The van der Waals surface area contributed by atoms with Crippen LogP contribution in [0.2, 0.25) is 0 Å². The molecule has 0 spiro atoms. The number of aromatic nitrogens is 1. The summed E-state index contributed by atoms with van der Waals surface area (Å²) in [7, 11) is 0. The van der Waals surface area contributed by atoms with Gasteiger partial charge in [-0.3, -0.25) is 4.90 Å². The number of fused-ring (bicyclic) bond motifs is 1. The van der Waals surface area contributed by atoms with E-state index in [-0.39, 0.29) is 0 Å². The number of hydrogen-bond donors (Lipinski definition) is 1. The Morgan fingerprint density at radius 3 is 2.78 bits per heavy atom. The Balaban J connectivity index is 1.95. The lowest BCUT2D eigenvalue weighted by Gasteiger charge is -2.27. The van der Waals surface area contributed by atoms with E-state index in [0.717, 1.165) is 25.4 Å². The molecule has 0 aromatic carbocycles. The number of thiazole rings is 1. The van der Waals surface area contributed by atoms with Crippen LogP contribution in [-0.2, 0) is 19.5 Å². The summed E-state index contributed by atoms with van der Waals surface area (Å²) in [4.78, 5) is 8.81. The predicted octanol–water partition coefficient (Wildman–Crippen LogP) is 2.66. The lowest BCUT2D eigenvalue weighted by Crippen LogP contribution is -2.32. The average molecular weight is 267 g/mol. The second kappa shape index (κ2) is 6.13. The van der Waals surface area contributed by atoms with E-state index in [1.807, 2.05) is 11.3 Å². The summed E-state index contributed by atoms with van der Waals surface area (Å²) in [6.07, 6.45) is 1.13. The fraction of sp³-hybridized carbons (Fsp3) is 0.786. The molecule has 1 aliphatic heterocycles. The molecule has 0 saturated heterocycles. The van der Waals surface area contributed by atoms with Crippen molar-refractivity contribution in [1.82, 2.24) is 15.2 Å². The van der Waals surface area contributed by atoms with Crippen molar-refractivity contribution in [2.24, 2.45) is 5.92 Å². The topological polar surface area (TPSA) is 28.2 Å². The van der Waals surface area contributed by atoms with E-state index in [2.05, 4.69) is 37.9 Å². The van der Waals surface area contributed by atoms with E-state index in [0.29, 0.717) is 6.04 Å². The van der Waals surface area contributed by atoms with Gasteiger partial charge >= 0.3 is 0 Å². The summed E-state index contributed by atoms with van der Waals surface area (Å²) in [5.41, 5.74) is 1.35. The van der Waals surface area contributed by atoms with Crippen LogP contribution in [0.1, 0.15) is 43.3 Å². The number of nitrogens with one attached hydrogen (secondary N) is 1. The van der Waals surface area contributed by atoms with E-state index in [4.69, 9.17) is 4.98 Å². The zero-order chi connectivity index (χ0) is 13.1. The Bertz CT molecular complexity index is 384. The van der Waals surface area contributed by atoms with E-state index in [9.17, 15) is 0 Å². The molecular formula is C14H25N3S. The summed E-state index contributed by atoms with van der Waals surface area (Å²) in [5.74, 6) is 0.751. The molecule has 0 radical (unpaired) electrons. The lowest BCUT2D eigenvalue weighted by molar-refractivity contribution is 0.228. The molecule has 1 aromatic heterocycles. The average Bonchev–Trinajstić information content (AvgIpc) is 2.67. The van der Waals surface area contributed by atoms with Gasteiger partial charge in [-0.25, -0.2) is 4.98 Å². The third-order valence-electron chi connectivity index (χ3n) is 3.14. The highest BCUT2D eigenvalue weighted by Crippen LogP contribution is 2.25. The summed E-state index contributed by atoms with van der Waals surface area (Å²) in [6.45, 7) is 13.3. The Morgan fingerprint density at radius 2 is 2.11 bits per heavy atom. The number of hydrogen-bond acceptors (Lipinski definition) is 4. The normalized spacial score (nSPS) is 16.6. The van der Waals surface area contributed by atoms with E-state index < -0.39 is 0 Å². The highest BCUT2D eigenvalue weighted by Gasteiger charge is 2.20. The van der Waals surface area contributed by atoms with Crippen LogP contribution in [-0.4, -0.2) is 29.0 Å². The van der Waals surface area contributed by atoms with E-state index in [1.54, 1.807) is 0 Å². The van der Waals surface area contributed by atoms with Gasteiger partial charge in [0.15, 0.2) is 0 Å². The Hall–Kier alpha value is -0.450. The first-order valence-electron chi connectivity index (χ1n) is 6.97. The fourth-order valence-electron chi connectivity index (χ4n) is 2.34. The Kier molecular flexibility index (Phi) is 4.76. The molecule has 3 nitrogen and oxygen atoms in total. The van der Waals surface area contributed by atoms with Crippen molar-refractivity contribution in [3.05, 3.63) is 15.6 Å². The zero-order valence-electron chi connectivity index (χ0n) is 12.0. The summed E-state index contributed by atoms with van der Waals surface area (Å²) < 4.78 is 0. The quantitative estimate of drug-likeness (QED) is 0.889. The molecule has 0 fully saturated rings. The van der Waals surface area contributed by atoms with Gasteiger partial charge in [-0.05, 0) is 5.92 Å². The molecule has 1 N–H and O–H groups in total. The molecule has 4 heteroatoms. The maximum atomic E-state index is 4.77. The van der Waals surface area contributed by atoms with Gasteiger partial charge in [-0.2, -0.15) is 0 Å². The first-order valence-corrected chi connectivity index (χ1v) is 7.79. The summed E-state index contributed by atoms with van der Waals surface area (Å²) in [5, 5.41) is 4.70. The van der Waals surface area contributed by atoms with Gasteiger partial charge in [0.25, 0.3) is 0 Å². The van der Waals surface area contributed by atoms with Crippen molar-refractivity contribution in [3.8, 4) is 0 Å². The molecule has 2 heterocycles. The van der Waals surface area contributed by atoms with Crippen LogP contribution in [0.4, 0.5) is 0 Å². The molecule has 1 aliphatic rings. The predicted molar refractivity (Wildman–Crippen MR) is 77.9 cm³/mol. The molecule has 2 rings (SSSR count). The second-order valence-corrected chi connectivity index (χ2v) is 7.06. The van der Waals surface area contributed by atoms with Crippen LogP contribution in [0.25, 0.3) is 0 Å². The van der Waals surface area contributed by atoms with Crippen molar-refractivity contribution < 1.29 is 0 Å². The molecule has 102 valence electrons. The van der Waals surface area contributed by atoms with Gasteiger partial charge in [0.2, 0.25) is 0 Å². The molecule has 0 unspecified atom stereocenters. The van der Waals surface area contributed by atoms with Crippen molar-refractivity contribution in [3.63, 3.8) is 0 Å². The highest BCUT2D eigenvalue weighted by molar-refractivity contribution is 7.11. The minimum absolute atomic E-state index is 0.531. The third-order valence-corrected chi connectivity index (χ3v) is 4.22. The SMILES string of the molecule is CC(C)CN1CCc2nc(CNC(C)C)sc2C1. The summed E-state index contributed by atoms with van der Waals surface area (Å²) in [6, 6.07) is 0.531. The smallest absolute Gasteiger partial charge is 0.107 e. The van der Waals surface area contributed by atoms with Gasteiger partial charge in [0.05, 0.1) is 5.69 Å². The number of nitrogens with zero attached hydrogens (tertiary/aromatic N) is 2. The molecule has 0 atom stereocenters. The number of rotatable bonds is 5. The zero-order valence-corrected chi connectivity index (χ0v) is 12.8. The van der Waals surface area contributed by atoms with Crippen LogP contribution in [0.3, 0.4) is 0 Å². The highest BCUT2D eigenvalue weighted by atomic mass is 32.1. The third kappa shape index (κ3) is 3.77.